The van der Waals surface area contributed by atoms with Gasteiger partial charge in [-0.25, -0.2) is 0 Å². The Morgan fingerprint density at radius 1 is 1.42 bits per heavy atom. The Balaban J connectivity index is 1.96. The average molecular weight is 299 g/mol. The van der Waals surface area contributed by atoms with Gasteiger partial charge in [0.15, 0.2) is 5.82 Å². The van der Waals surface area contributed by atoms with Crippen molar-refractivity contribution in [1.29, 1.82) is 0 Å². The molecule has 2 heterocycles. The smallest absolute Gasteiger partial charge is 0.266 e. The molecular formula is C11H11ClN4O2S. The third-order valence-electron chi connectivity index (χ3n) is 2.27. The Bertz CT molecular complexity index is 607. The summed E-state index contributed by atoms with van der Waals surface area (Å²) in [7, 11) is 0. The van der Waals surface area contributed by atoms with Gasteiger partial charge in [0.1, 0.15) is 0 Å². The van der Waals surface area contributed by atoms with Crippen LogP contribution >= 0.6 is 22.9 Å². The first-order chi connectivity index (χ1) is 9.04. The third kappa shape index (κ3) is 3.80. The number of amides is 2. The number of nitrogens with one attached hydrogen (secondary N) is 1. The molecule has 0 aliphatic rings. The normalized spacial score (nSPS) is 10.4. The standard InChI is InChI=1S/C11H11ClN4O2S/c12-8-2-1-7(19-8)11(18)14-10-4-6-16(15-10)5-3-9(13)17/h1-2,4,6H,3,5H2,(H2,13,17)(H,14,15,18). The molecule has 0 spiro atoms. The van der Waals surface area contributed by atoms with Gasteiger partial charge in [0.05, 0.1) is 9.21 Å². The zero-order valence-electron chi connectivity index (χ0n) is 9.80. The first kappa shape index (κ1) is 13.6. The van der Waals surface area contributed by atoms with E-state index >= 15 is 0 Å². The molecule has 0 aromatic carbocycles. The van der Waals surface area contributed by atoms with Gasteiger partial charge in [0, 0.05) is 25.2 Å². The highest BCUT2D eigenvalue weighted by Crippen LogP contribution is 2.22. The summed E-state index contributed by atoms with van der Waals surface area (Å²) < 4.78 is 2.10. The number of hydrogen-bond acceptors (Lipinski definition) is 4. The fourth-order valence-corrected chi connectivity index (χ4v) is 2.33. The molecule has 2 rings (SSSR count). The van der Waals surface area contributed by atoms with Crippen LogP contribution in [0.1, 0.15) is 16.1 Å². The second-order valence-electron chi connectivity index (χ2n) is 3.74. The minimum Gasteiger partial charge on any atom is -0.370 e. The van der Waals surface area contributed by atoms with Crippen LogP contribution in [0.5, 0.6) is 0 Å². The molecule has 6 nitrogen and oxygen atoms in total. The summed E-state index contributed by atoms with van der Waals surface area (Å²) in [5.74, 6) is -0.245. The maximum Gasteiger partial charge on any atom is 0.266 e. The summed E-state index contributed by atoms with van der Waals surface area (Å²) in [4.78, 5) is 23.0. The van der Waals surface area contributed by atoms with Gasteiger partial charge in [-0.2, -0.15) is 5.10 Å². The molecule has 0 fully saturated rings. The number of carbonyl (C=O) groups excluding carboxylic acids is 2. The third-order valence-corrected chi connectivity index (χ3v) is 3.50. The summed E-state index contributed by atoms with van der Waals surface area (Å²) in [5, 5.41) is 6.75. The first-order valence-electron chi connectivity index (χ1n) is 5.43. The predicted molar refractivity (Wildman–Crippen MR) is 73.3 cm³/mol. The van der Waals surface area contributed by atoms with Crippen LogP contribution in [0.15, 0.2) is 24.4 Å². The van der Waals surface area contributed by atoms with Gasteiger partial charge in [-0.15, -0.1) is 11.3 Å². The van der Waals surface area contributed by atoms with Crippen molar-refractivity contribution in [2.45, 2.75) is 13.0 Å². The van der Waals surface area contributed by atoms with E-state index in [4.69, 9.17) is 17.3 Å². The monoisotopic (exact) mass is 298 g/mol. The van der Waals surface area contributed by atoms with Gasteiger partial charge in [-0.3, -0.25) is 14.3 Å². The van der Waals surface area contributed by atoms with E-state index in [1.165, 1.54) is 11.3 Å². The van der Waals surface area contributed by atoms with Gasteiger partial charge >= 0.3 is 0 Å². The molecule has 0 bridgehead atoms. The first-order valence-corrected chi connectivity index (χ1v) is 6.62. The van der Waals surface area contributed by atoms with E-state index in [0.717, 1.165) is 0 Å². The summed E-state index contributed by atoms with van der Waals surface area (Å²) in [6, 6.07) is 4.95. The minimum absolute atomic E-state index is 0.204. The quantitative estimate of drug-likeness (QED) is 0.880. The fourth-order valence-electron chi connectivity index (χ4n) is 1.39. The van der Waals surface area contributed by atoms with Gasteiger partial charge < -0.3 is 11.1 Å². The Kier molecular flexibility index (Phi) is 4.18. The fraction of sp³-hybridized carbons (Fsp3) is 0.182. The number of aromatic nitrogens is 2. The zero-order valence-corrected chi connectivity index (χ0v) is 11.4. The van der Waals surface area contributed by atoms with Crippen molar-refractivity contribution in [3.8, 4) is 0 Å². The van der Waals surface area contributed by atoms with E-state index in [1.807, 2.05) is 0 Å². The van der Waals surface area contributed by atoms with Gasteiger partial charge in [0.2, 0.25) is 5.91 Å². The molecule has 0 aliphatic heterocycles. The number of halogens is 1. The number of thiophene rings is 1. The van der Waals surface area contributed by atoms with E-state index in [1.54, 1.807) is 29.1 Å². The number of hydrogen-bond donors (Lipinski definition) is 2. The molecular weight excluding hydrogens is 288 g/mol. The van der Waals surface area contributed by atoms with Crippen molar-refractivity contribution < 1.29 is 9.59 Å². The molecule has 19 heavy (non-hydrogen) atoms. The van der Waals surface area contributed by atoms with Crippen LogP contribution in [0.25, 0.3) is 0 Å². The lowest BCUT2D eigenvalue weighted by molar-refractivity contribution is -0.118. The largest absolute Gasteiger partial charge is 0.370 e. The van der Waals surface area contributed by atoms with Crippen LogP contribution in [0, 0.1) is 0 Å². The zero-order chi connectivity index (χ0) is 13.8. The van der Waals surface area contributed by atoms with Crippen molar-refractivity contribution in [1.82, 2.24) is 9.78 Å². The van der Waals surface area contributed by atoms with E-state index in [-0.39, 0.29) is 12.3 Å². The number of nitrogens with zero attached hydrogens (tertiary/aromatic N) is 2. The number of aryl methyl sites for hydroxylation is 1. The topological polar surface area (TPSA) is 90.0 Å². The lowest BCUT2D eigenvalue weighted by Crippen LogP contribution is -2.15. The van der Waals surface area contributed by atoms with Crippen LogP contribution in [-0.2, 0) is 11.3 Å². The Labute approximate surface area is 118 Å². The average Bonchev–Trinajstić information content (AvgIpc) is 2.95. The number of anilines is 1. The van der Waals surface area contributed by atoms with Crippen molar-refractivity contribution >= 4 is 40.6 Å². The number of primary amides is 1. The van der Waals surface area contributed by atoms with Crippen LogP contribution in [0.2, 0.25) is 4.34 Å². The van der Waals surface area contributed by atoms with E-state index in [2.05, 4.69) is 10.4 Å². The molecule has 2 aromatic heterocycles. The van der Waals surface area contributed by atoms with Crippen molar-refractivity contribution in [3.63, 3.8) is 0 Å². The molecule has 0 radical (unpaired) electrons. The van der Waals surface area contributed by atoms with Gasteiger partial charge in [-0.1, -0.05) is 11.6 Å². The lowest BCUT2D eigenvalue weighted by Gasteiger charge is -2.00. The van der Waals surface area contributed by atoms with E-state index < -0.39 is 5.91 Å². The molecule has 8 heteroatoms. The summed E-state index contributed by atoms with van der Waals surface area (Å²) in [6.07, 6.45) is 1.87. The van der Waals surface area contributed by atoms with Crippen molar-refractivity contribution in [2.75, 3.05) is 5.32 Å². The highest BCUT2D eigenvalue weighted by Gasteiger charge is 2.10. The minimum atomic E-state index is -0.394. The van der Waals surface area contributed by atoms with E-state index in [9.17, 15) is 9.59 Å². The highest BCUT2D eigenvalue weighted by atomic mass is 35.5. The Morgan fingerprint density at radius 3 is 2.84 bits per heavy atom. The molecule has 0 saturated heterocycles. The second kappa shape index (κ2) is 5.85. The molecule has 0 aliphatic carbocycles. The van der Waals surface area contributed by atoms with Crippen LogP contribution in [0.3, 0.4) is 0 Å². The van der Waals surface area contributed by atoms with Gasteiger partial charge in [-0.05, 0) is 12.1 Å². The van der Waals surface area contributed by atoms with Crippen LogP contribution in [-0.4, -0.2) is 21.6 Å². The van der Waals surface area contributed by atoms with Gasteiger partial charge in [0.25, 0.3) is 5.91 Å². The summed E-state index contributed by atoms with van der Waals surface area (Å²) in [6.45, 7) is 0.385. The van der Waals surface area contributed by atoms with Crippen LogP contribution < -0.4 is 11.1 Å². The molecule has 2 aromatic rings. The SMILES string of the molecule is NC(=O)CCn1ccc(NC(=O)c2ccc(Cl)s2)n1. The molecule has 0 atom stereocenters. The van der Waals surface area contributed by atoms with Crippen LogP contribution in [0.4, 0.5) is 5.82 Å². The maximum absolute atomic E-state index is 11.8. The number of carbonyl (C=O) groups is 2. The molecule has 100 valence electrons. The predicted octanol–water partition coefficient (Wildman–Crippen LogP) is 1.73. The van der Waals surface area contributed by atoms with E-state index in [0.29, 0.717) is 21.6 Å². The lowest BCUT2D eigenvalue weighted by atomic mass is 10.4. The maximum atomic E-state index is 11.8. The molecule has 2 amide bonds. The number of nitrogens with two attached hydrogens (primary N) is 1. The summed E-state index contributed by atoms with van der Waals surface area (Å²) in [5.41, 5.74) is 5.05. The molecule has 3 N–H and O–H groups in total. The van der Waals surface area contributed by atoms with Crippen molar-refractivity contribution in [2.24, 2.45) is 5.73 Å². The Hall–Kier alpha value is -1.86. The number of rotatable bonds is 5. The molecule has 0 saturated carbocycles. The summed E-state index contributed by atoms with van der Waals surface area (Å²) >= 11 is 6.95. The highest BCUT2D eigenvalue weighted by molar-refractivity contribution is 7.18. The van der Waals surface area contributed by atoms with Crippen molar-refractivity contribution in [3.05, 3.63) is 33.6 Å². The molecule has 0 unspecified atom stereocenters. The second-order valence-corrected chi connectivity index (χ2v) is 5.45. The Morgan fingerprint density at radius 2 is 2.21 bits per heavy atom.